The molecule has 2 rings (SSSR count). The maximum absolute atomic E-state index is 6.03. The summed E-state index contributed by atoms with van der Waals surface area (Å²) < 4.78 is 1.87. The van der Waals surface area contributed by atoms with E-state index in [9.17, 15) is 0 Å². The molecule has 98 valence electrons. The summed E-state index contributed by atoms with van der Waals surface area (Å²) >= 11 is 11.1. The van der Waals surface area contributed by atoms with Crippen LogP contribution < -0.4 is 5.73 Å². The van der Waals surface area contributed by atoms with Gasteiger partial charge >= 0.3 is 0 Å². The minimum Gasteiger partial charge on any atom is -0.330 e. The Kier molecular flexibility index (Phi) is 6.77. The molecule has 17 heavy (non-hydrogen) atoms. The number of likely N-dealkylation sites (tertiary alicyclic amines) is 1. The third-order valence-corrected chi connectivity index (χ3v) is 5.58. The normalized spacial score (nSPS) is 18.1. The molecule has 1 aliphatic rings. The molecule has 1 fully saturated rings. The predicted octanol–water partition coefficient (Wildman–Crippen LogP) is 3.76. The fourth-order valence-corrected chi connectivity index (χ4v) is 3.90. The van der Waals surface area contributed by atoms with Crippen LogP contribution in [0.25, 0.3) is 0 Å². The maximum Gasteiger partial charge on any atom is 0.107 e. The van der Waals surface area contributed by atoms with Gasteiger partial charge in [-0.15, -0.1) is 23.7 Å². The average Bonchev–Trinajstić information content (AvgIpc) is 2.59. The number of hydrogen-bond donors (Lipinski definition) is 1. The molecule has 0 aromatic carbocycles. The molecule has 0 spiro atoms. The Balaban J connectivity index is 0.00000144. The number of piperidine rings is 1. The molecule has 1 aromatic heterocycles. The van der Waals surface area contributed by atoms with Crippen molar-refractivity contribution in [1.29, 1.82) is 0 Å². The molecule has 1 aromatic rings. The summed E-state index contributed by atoms with van der Waals surface area (Å²) in [5.41, 5.74) is 5.68. The summed E-state index contributed by atoms with van der Waals surface area (Å²) in [4.78, 5) is 3.82. The lowest BCUT2D eigenvalue weighted by atomic mass is 9.97. The summed E-state index contributed by atoms with van der Waals surface area (Å²) in [5.74, 6) is 0.731. The number of rotatable bonds is 3. The van der Waals surface area contributed by atoms with E-state index in [2.05, 4.69) is 26.9 Å². The number of hydrogen-bond acceptors (Lipinski definition) is 3. The molecule has 2 nitrogen and oxygen atoms in total. The molecular weight excluding hydrogens is 343 g/mol. The van der Waals surface area contributed by atoms with E-state index < -0.39 is 0 Å². The average molecular weight is 360 g/mol. The first kappa shape index (κ1) is 15.7. The number of nitrogens with two attached hydrogens (primary N) is 1. The predicted molar refractivity (Wildman–Crippen MR) is 81.3 cm³/mol. The third-order valence-electron chi connectivity index (χ3n) is 3.12. The zero-order valence-corrected chi connectivity index (χ0v) is 13.5. The Hall–Kier alpha value is 0.680. The van der Waals surface area contributed by atoms with Crippen molar-refractivity contribution in [3.05, 3.63) is 19.8 Å². The minimum absolute atomic E-state index is 0. The van der Waals surface area contributed by atoms with Gasteiger partial charge in [0.2, 0.25) is 0 Å². The molecule has 1 aliphatic heterocycles. The van der Waals surface area contributed by atoms with Crippen LogP contribution in [-0.2, 0) is 6.54 Å². The van der Waals surface area contributed by atoms with Crippen molar-refractivity contribution in [2.75, 3.05) is 19.6 Å². The summed E-state index contributed by atoms with van der Waals surface area (Å²) in [7, 11) is 0. The van der Waals surface area contributed by atoms with E-state index >= 15 is 0 Å². The van der Waals surface area contributed by atoms with Crippen molar-refractivity contribution in [3.8, 4) is 0 Å². The van der Waals surface area contributed by atoms with E-state index in [-0.39, 0.29) is 12.4 Å². The molecule has 2 heterocycles. The van der Waals surface area contributed by atoms with Gasteiger partial charge in [0.1, 0.15) is 4.34 Å². The smallest absolute Gasteiger partial charge is 0.107 e. The molecule has 2 N–H and O–H groups in total. The van der Waals surface area contributed by atoms with Crippen LogP contribution in [0.2, 0.25) is 4.34 Å². The highest BCUT2D eigenvalue weighted by Crippen LogP contribution is 2.33. The Labute approximate surface area is 126 Å². The Morgan fingerprint density at radius 2 is 2.12 bits per heavy atom. The van der Waals surface area contributed by atoms with E-state index in [0.29, 0.717) is 0 Å². The van der Waals surface area contributed by atoms with Crippen LogP contribution in [0.1, 0.15) is 17.7 Å². The molecule has 6 heteroatoms. The minimum atomic E-state index is 0. The van der Waals surface area contributed by atoms with Crippen molar-refractivity contribution in [3.63, 3.8) is 0 Å². The van der Waals surface area contributed by atoms with E-state index in [1.807, 2.05) is 0 Å². The summed E-state index contributed by atoms with van der Waals surface area (Å²) in [6.07, 6.45) is 2.47. The fourth-order valence-electron chi connectivity index (χ4n) is 2.07. The van der Waals surface area contributed by atoms with Gasteiger partial charge in [-0.3, -0.25) is 4.90 Å². The van der Waals surface area contributed by atoms with E-state index in [4.69, 9.17) is 17.3 Å². The van der Waals surface area contributed by atoms with Crippen molar-refractivity contribution in [2.24, 2.45) is 11.7 Å². The highest BCUT2D eigenvalue weighted by Gasteiger charge is 2.18. The second-order valence-electron chi connectivity index (χ2n) is 4.29. The first-order valence-electron chi connectivity index (χ1n) is 5.55. The first-order valence-corrected chi connectivity index (χ1v) is 7.54. The van der Waals surface area contributed by atoms with Crippen LogP contribution in [0, 0.1) is 5.92 Å². The van der Waals surface area contributed by atoms with Gasteiger partial charge in [-0.2, -0.15) is 0 Å². The molecule has 1 saturated heterocycles. The van der Waals surface area contributed by atoms with Crippen molar-refractivity contribution in [2.45, 2.75) is 19.4 Å². The Bertz CT molecular complexity index is 332. The summed E-state index contributed by atoms with van der Waals surface area (Å²) in [5, 5.41) is 0. The van der Waals surface area contributed by atoms with Crippen LogP contribution in [-0.4, -0.2) is 24.5 Å². The van der Waals surface area contributed by atoms with Gasteiger partial charge in [-0.1, -0.05) is 11.6 Å². The maximum atomic E-state index is 6.03. The molecule has 0 bridgehead atoms. The highest BCUT2D eigenvalue weighted by atomic mass is 79.9. The fraction of sp³-hybridized carbons (Fsp3) is 0.636. The van der Waals surface area contributed by atoms with Gasteiger partial charge in [-0.25, -0.2) is 0 Å². The van der Waals surface area contributed by atoms with Crippen LogP contribution >= 0.6 is 51.3 Å². The van der Waals surface area contributed by atoms with E-state index in [0.717, 1.165) is 40.9 Å². The standard InChI is InChI=1S/C11H16BrClN2S.ClH/c12-10-5-9(16-11(10)13)7-15-3-1-8(6-14)2-4-15;/h5,8H,1-4,6-7,14H2;1H. The second kappa shape index (κ2) is 7.31. The first-order chi connectivity index (χ1) is 7.69. The van der Waals surface area contributed by atoms with Gasteiger partial charge in [0.25, 0.3) is 0 Å². The number of halogens is 3. The van der Waals surface area contributed by atoms with Gasteiger partial charge < -0.3 is 5.73 Å². The highest BCUT2D eigenvalue weighted by molar-refractivity contribution is 9.10. The van der Waals surface area contributed by atoms with Gasteiger partial charge in [0, 0.05) is 15.9 Å². The molecule has 0 saturated carbocycles. The molecule has 0 radical (unpaired) electrons. The van der Waals surface area contributed by atoms with Crippen LogP contribution in [0.3, 0.4) is 0 Å². The summed E-state index contributed by atoms with van der Waals surface area (Å²) in [6, 6.07) is 2.13. The molecule has 0 atom stereocenters. The molecular formula is C11H17BrCl2N2S. The quantitative estimate of drug-likeness (QED) is 0.890. The lowest BCUT2D eigenvalue weighted by molar-refractivity contribution is 0.182. The zero-order chi connectivity index (χ0) is 11.5. The monoisotopic (exact) mass is 358 g/mol. The zero-order valence-electron chi connectivity index (χ0n) is 9.49. The summed E-state index contributed by atoms with van der Waals surface area (Å²) in [6.45, 7) is 4.18. The van der Waals surface area contributed by atoms with Gasteiger partial charge in [0.05, 0.1) is 0 Å². The Morgan fingerprint density at radius 1 is 1.47 bits per heavy atom. The van der Waals surface area contributed by atoms with Crippen molar-refractivity contribution < 1.29 is 0 Å². The SMILES string of the molecule is Cl.NCC1CCN(Cc2cc(Br)c(Cl)s2)CC1. The Morgan fingerprint density at radius 3 is 2.59 bits per heavy atom. The molecule has 0 aliphatic carbocycles. The topological polar surface area (TPSA) is 29.3 Å². The van der Waals surface area contributed by atoms with E-state index in [1.165, 1.54) is 17.7 Å². The largest absolute Gasteiger partial charge is 0.330 e. The van der Waals surface area contributed by atoms with Gasteiger partial charge in [0.15, 0.2) is 0 Å². The van der Waals surface area contributed by atoms with Gasteiger partial charge in [-0.05, 0) is 60.4 Å². The van der Waals surface area contributed by atoms with Crippen molar-refractivity contribution in [1.82, 2.24) is 4.90 Å². The van der Waals surface area contributed by atoms with Crippen LogP contribution in [0.5, 0.6) is 0 Å². The second-order valence-corrected chi connectivity index (χ2v) is 6.88. The van der Waals surface area contributed by atoms with E-state index in [1.54, 1.807) is 11.3 Å². The number of thiophene rings is 1. The van der Waals surface area contributed by atoms with Crippen molar-refractivity contribution >= 4 is 51.3 Å². The lowest BCUT2D eigenvalue weighted by Gasteiger charge is -2.30. The molecule has 0 amide bonds. The molecule has 0 unspecified atom stereocenters. The third kappa shape index (κ3) is 4.37. The lowest BCUT2D eigenvalue weighted by Crippen LogP contribution is -2.35. The van der Waals surface area contributed by atoms with Crippen LogP contribution in [0.4, 0.5) is 0 Å². The number of nitrogens with zero attached hydrogens (tertiary/aromatic N) is 1. The van der Waals surface area contributed by atoms with Crippen LogP contribution in [0.15, 0.2) is 10.5 Å².